The molecule has 5 aliphatic rings. The molecule has 0 radical (unpaired) electrons. The maximum absolute atomic E-state index is 14.6. The standard InChI is InChI=1S/C35H47N3O6/c1-3-43-27-17-15-26(16-18-27)36-22-11-19-34(2)28(31(36)40)29-32(41)38(21-9-4-5-10-24-39)30-33(42)37(25-13-7-6-8-14-25)23-12-20-35(29,30)44-34/h11-12,15-20,25,28-30,39H,3-10,13-14,21-24H2,1-2H3/t28-,29+,30?,34+,35+/m1/s1. The van der Waals surface area contributed by atoms with Crippen LogP contribution in [-0.2, 0) is 19.1 Å². The fraction of sp³-hybridized carbons (Fsp3) is 0.629. The first kappa shape index (κ1) is 30.8. The van der Waals surface area contributed by atoms with Gasteiger partial charge in [0, 0.05) is 38.0 Å². The lowest BCUT2D eigenvalue weighted by molar-refractivity contribution is -0.152. The van der Waals surface area contributed by atoms with Gasteiger partial charge in [-0.3, -0.25) is 14.4 Å². The summed E-state index contributed by atoms with van der Waals surface area (Å²) in [5.74, 6) is -1.29. The molecule has 44 heavy (non-hydrogen) atoms. The van der Waals surface area contributed by atoms with E-state index < -0.39 is 29.1 Å². The number of hydrogen-bond acceptors (Lipinski definition) is 6. The molecule has 6 rings (SSSR count). The Morgan fingerprint density at radius 1 is 0.886 bits per heavy atom. The Labute approximate surface area is 260 Å². The topological polar surface area (TPSA) is 99.6 Å². The number of anilines is 1. The van der Waals surface area contributed by atoms with Gasteiger partial charge in [-0.05, 0) is 63.8 Å². The predicted molar refractivity (Wildman–Crippen MR) is 167 cm³/mol. The number of carbonyl (C=O) groups is 3. The van der Waals surface area contributed by atoms with Crippen molar-refractivity contribution in [3.63, 3.8) is 0 Å². The van der Waals surface area contributed by atoms with Crippen LogP contribution in [0.25, 0.3) is 0 Å². The number of aliphatic hydroxyl groups is 1. The van der Waals surface area contributed by atoms with E-state index >= 15 is 0 Å². The van der Waals surface area contributed by atoms with Gasteiger partial charge in [0.05, 0.1) is 24.0 Å². The second-order valence-corrected chi connectivity index (χ2v) is 13.1. The smallest absolute Gasteiger partial charge is 0.249 e. The zero-order chi connectivity index (χ0) is 30.9. The van der Waals surface area contributed by atoms with Crippen LogP contribution in [0.15, 0.2) is 48.6 Å². The number of ether oxygens (including phenoxy) is 2. The van der Waals surface area contributed by atoms with Crippen molar-refractivity contribution in [2.24, 2.45) is 11.8 Å². The van der Waals surface area contributed by atoms with E-state index in [2.05, 4.69) is 0 Å². The van der Waals surface area contributed by atoms with Crippen LogP contribution in [0, 0.1) is 11.8 Å². The van der Waals surface area contributed by atoms with E-state index in [9.17, 15) is 19.5 Å². The summed E-state index contributed by atoms with van der Waals surface area (Å²) in [5.41, 5.74) is -1.55. The molecule has 2 saturated heterocycles. The molecule has 4 aliphatic heterocycles. The van der Waals surface area contributed by atoms with Crippen LogP contribution in [0.3, 0.4) is 0 Å². The molecular formula is C35H47N3O6. The Morgan fingerprint density at radius 2 is 1.61 bits per heavy atom. The van der Waals surface area contributed by atoms with Crippen molar-refractivity contribution < 1.29 is 29.0 Å². The van der Waals surface area contributed by atoms with Crippen LogP contribution in [0.4, 0.5) is 5.69 Å². The number of benzene rings is 1. The van der Waals surface area contributed by atoms with Gasteiger partial charge >= 0.3 is 0 Å². The monoisotopic (exact) mass is 605 g/mol. The van der Waals surface area contributed by atoms with Crippen LogP contribution in [0.2, 0.25) is 0 Å². The lowest BCUT2D eigenvalue weighted by Crippen LogP contribution is -2.57. The van der Waals surface area contributed by atoms with Crippen LogP contribution in [0.1, 0.15) is 71.6 Å². The number of nitrogens with zero attached hydrogens (tertiary/aromatic N) is 3. The van der Waals surface area contributed by atoms with Crippen LogP contribution in [-0.4, -0.2) is 88.8 Å². The van der Waals surface area contributed by atoms with E-state index in [1.807, 2.05) is 67.3 Å². The number of aliphatic hydroxyl groups excluding tert-OH is 1. The first-order valence-corrected chi connectivity index (χ1v) is 16.7. The maximum Gasteiger partial charge on any atom is 0.249 e. The van der Waals surface area contributed by atoms with Gasteiger partial charge in [0.2, 0.25) is 17.7 Å². The fourth-order valence-corrected chi connectivity index (χ4v) is 8.37. The number of hydrogen-bond donors (Lipinski definition) is 1. The van der Waals surface area contributed by atoms with Gasteiger partial charge in [0.25, 0.3) is 0 Å². The second kappa shape index (κ2) is 12.7. The van der Waals surface area contributed by atoms with Crippen LogP contribution < -0.4 is 9.64 Å². The highest BCUT2D eigenvalue weighted by Crippen LogP contribution is 2.57. The number of carbonyl (C=O) groups excluding carboxylic acids is 3. The van der Waals surface area contributed by atoms with Crippen LogP contribution >= 0.6 is 0 Å². The van der Waals surface area contributed by atoms with E-state index in [0.717, 1.165) is 56.4 Å². The average molecular weight is 606 g/mol. The number of rotatable bonds is 10. The normalized spacial score (nSPS) is 32.0. The van der Waals surface area contributed by atoms with Gasteiger partial charge in [-0.15, -0.1) is 0 Å². The minimum Gasteiger partial charge on any atom is -0.494 e. The first-order chi connectivity index (χ1) is 21.3. The fourth-order valence-electron chi connectivity index (χ4n) is 8.37. The van der Waals surface area contributed by atoms with Crippen molar-refractivity contribution in [2.75, 3.05) is 37.7 Å². The number of likely N-dealkylation sites (tertiary alicyclic amines) is 1. The summed E-state index contributed by atoms with van der Waals surface area (Å²) in [7, 11) is 0. The number of fused-ring (bicyclic) bond motifs is 2. The van der Waals surface area contributed by atoms with Gasteiger partial charge in [-0.25, -0.2) is 0 Å². The van der Waals surface area contributed by atoms with Crippen molar-refractivity contribution in [1.82, 2.24) is 9.80 Å². The molecule has 1 N–H and O–H groups in total. The van der Waals surface area contributed by atoms with Crippen molar-refractivity contribution in [2.45, 2.75) is 94.9 Å². The maximum atomic E-state index is 14.6. The molecule has 9 heteroatoms. The van der Waals surface area contributed by atoms with Gasteiger partial charge in [-0.1, -0.05) is 56.4 Å². The molecular weight excluding hydrogens is 558 g/mol. The summed E-state index contributed by atoms with van der Waals surface area (Å²) in [6.07, 6.45) is 16.3. The van der Waals surface area contributed by atoms with E-state index in [1.165, 1.54) is 6.42 Å². The van der Waals surface area contributed by atoms with Gasteiger partial charge in [0.1, 0.15) is 17.4 Å². The van der Waals surface area contributed by atoms with Gasteiger partial charge in [-0.2, -0.15) is 0 Å². The molecule has 3 amide bonds. The summed E-state index contributed by atoms with van der Waals surface area (Å²) in [6.45, 7) is 5.79. The predicted octanol–water partition coefficient (Wildman–Crippen LogP) is 4.24. The highest BCUT2D eigenvalue weighted by molar-refractivity contribution is 6.04. The van der Waals surface area contributed by atoms with Crippen LogP contribution in [0.5, 0.6) is 5.75 Å². The second-order valence-electron chi connectivity index (χ2n) is 13.1. The lowest BCUT2D eigenvalue weighted by Gasteiger charge is -2.40. The Hall–Kier alpha value is -3.17. The van der Waals surface area contributed by atoms with Gasteiger partial charge < -0.3 is 29.3 Å². The molecule has 1 saturated carbocycles. The number of amides is 3. The van der Waals surface area contributed by atoms with E-state index in [4.69, 9.17) is 9.47 Å². The zero-order valence-corrected chi connectivity index (χ0v) is 26.2. The minimum absolute atomic E-state index is 0.0621. The lowest BCUT2D eigenvalue weighted by atomic mass is 9.74. The highest BCUT2D eigenvalue weighted by atomic mass is 16.5. The Bertz CT molecular complexity index is 1290. The quantitative estimate of drug-likeness (QED) is 0.317. The Kier molecular flexibility index (Phi) is 8.88. The molecule has 1 aromatic rings. The largest absolute Gasteiger partial charge is 0.494 e. The summed E-state index contributed by atoms with van der Waals surface area (Å²) in [4.78, 5) is 49.3. The Morgan fingerprint density at radius 3 is 2.34 bits per heavy atom. The van der Waals surface area contributed by atoms with Crippen molar-refractivity contribution >= 4 is 23.4 Å². The molecule has 4 heterocycles. The summed E-state index contributed by atoms with van der Waals surface area (Å²) in [6, 6.07) is 6.79. The molecule has 0 aromatic heterocycles. The number of unbranched alkanes of at least 4 members (excludes halogenated alkanes) is 3. The SMILES string of the molecule is CCOc1ccc(N2CC=C[C@]3(C)O[C@]45C=CCN(C6CCCCC6)C(=O)C4N(CCCCCCO)C(=O)[C@@H]5[C@@H]3C2=O)cc1. The molecule has 5 atom stereocenters. The first-order valence-electron chi connectivity index (χ1n) is 16.7. The van der Waals surface area contributed by atoms with E-state index in [-0.39, 0.29) is 30.4 Å². The molecule has 1 aromatic carbocycles. The third-order valence-electron chi connectivity index (χ3n) is 10.4. The Balaban J connectivity index is 1.37. The molecule has 1 unspecified atom stereocenters. The summed E-state index contributed by atoms with van der Waals surface area (Å²) in [5, 5.41) is 9.24. The summed E-state index contributed by atoms with van der Waals surface area (Å²) >= 11 is 0. The molecule has 238 valence electrons. The van der Waals surface area contributed by atoms with Gasteiger partial charge in [0.15, 0.2) is 0 Å². The van der Waals surface area contributed by atoms with Crippen molar-refractivity contribution in [1.29, 1.82) is 0 Å². The minimum atomic E-state index is -1.23. The third kappa shape index (κ3) is 5.26. The summed E-state index contributed by atoms with van der Waals surface area (Å²) < 4.78 is 12.6. The van der Waals surface area contributed by atoms with Crippen molar-refractivity contribution in [3.05, 3.63) is 48.6 Å². The van der Waals surface area contributed by atoms with E-state index in [1.54, 1.807) is 9.80 Å². The third-order valence-corrected chi connectivity index (χ3v) is 10.4. The highest BCUT2D eigenvalue weighted by Gasteiger charge is 2.74. The zero-order valence-electron chi connectivity index (χ0n) is 26.2. The molecule has 3 fully saturated rings. The van der Waals surface area contributed by atoms with E-state index in [0.29, 0.717) is 32.7 Å². The average Bonchev–Trinajstić information content (AvgIpc) is 3.28. The van der Waals surface area contributed by atoms with Crippen molar-refractivity contribution in [3.8, 4) is 5.75 Å². The molecule has 1 spiro atoms. The molecule has 0 bridgehead atoms. The molecule has 1 aliphatic carbocycles. The molecule has 9 nitrogen and oxygen atoms in total.